The molecule has 3 aromatic rings. The lowest BCUT2D eigenvalue weighted by Gasteiger charge is -2.37. The van der Waals surface area contributed by atoms with Crippen molar-refractivity contribution < 1.29 is 28.3 Å². The fourth-order valence-corrected chi connectivity index (χ4v) is 9.74. The number of nitrogens with zero attached hydrogens (tertiary/aromatic N) is 7. The summed E-state index contributed by atoms with van der Waals surface area (Å²) in [6.45, 7) is 13.6. The molecular weight excluding hydrogens is 751 g/mol. The van der Waals surface area contributed by atoms with E-state index < -0.39 is 17.8 Å². The number of carbonyl (C=O) groups is 4. The van der Waals surface area contributed by atoms with Crippen molar-refractivity contribution in [2.45, 2.75) is 76.2 Å². The fourth-order valence-electron chi connectivity index (χ4n) is 9.53. The summed E-state index contributed by atoms with van der Waals surface area (Å²) < 4.78 is 21.6. The minimum Gasteiger partial charge on any atom is -0.490 e. The summed E-state index contributed by atoms with van der Waals surface area (Å²) in [5.74, 6) is 0.457. The van der Waals surface area contributed by atoms with Crippen LogP contribution in [0.25, 0.3) is 4.85 Å². The number of fused-ring (bicyclic) bond motifs is 2. The van der Waals surface area contributed by atoms with E-state index in [4.69, 9.17) is 27.9 Å². The Morgan fingerprint density at radius 3 is 2.40 bits per heavy atom. The van der Waals surface area contributed by atoms with Gasteiger partial charge in [0, 0.05) is 70.4 Å². The van der Waals surface area contributed by atoms with Crippen LogP contribution in [0.15, 0.2) is 42.5 Å². The largest absolute Gasteiger partial charge is 0.490 e. The predicted octanol–water partition coefficient (Wildman–Crippen LogP) is 5.18. The maximum atomic E-state index is 15.5. The molecule has 15 heteroatoms. The van der Waals surface area contributed by atoms with Crippen molar-refractivity contribution in [2.24, 2.45) is 5.92 Å². The molecule has 1 N–H and O–H groups in total. The number of nitrogens with one attached hydrogen (secondary N) is 1. The molecule has 5 aliphatic heterocycles. The second-order valence-electron chi connectivity index (χ2n) is 16.1. The highest BCUT2D eigenvalue weighted by Gasteiger charge is 2.41. The van der Waals surface area contributed by atoms with Crippen LogP contribution in [-0.4, -0.2) is 107 Å². The smallest absolute Gasteiger partial charge is 0.256 e. The Kier molecular flexibility index (Phi) is 9.98. The van der Waals surface area contributed by atoms with E-state index in [9.17, 15) is 19.2 Å². The zero-order valence-corrected chi connectivity index (χ0v) is 32.3. The van der Waals surface area contributed by atoms with Gasteiger partial charge in [-0.1, -0.05) is 17.7 Å². The number of hydrogen-bond donors (Lipinski definition) is 1. The maximum absolute atomic E-state index is 15.5. The van der Waals surface area contributed by atoms with Gasteiger partial charge in [-0.2, -0.15) is 0 Å². The average molecular weight is 795 g/mol. The molecule has 6 aliphatic rings. The summed E-state index contributed by atoms with van der Waals surface area (Å²) in [6, 6.07) is 11.6. The number of imide groups is 1. The summed E-state index contributed by atoms with van der Waals surface area (Å²) in [4.78, 5) is 69.4. The molecule has 1 aliphatic carbocycles. The molecule has 1 saturated carbocycles. The lowest BCUT2D eigenvalue weighted by Crippen LogP contribution is -2.52. The number of carbonyl (C=O) groups excluding carboxylic acids is 4. The second kappa shape index (κ2) is 15.2. The van der Waals surface area contributed by atoms with Gasteiger partial charge in [-0.15, -0.1) is 0 Å². The third-order valence-electron chi connectivity index (χ3n) is 12.6. The number of benzene rings is 2. The molecule has 13 nitrogen and oxygen atoms in total. The quantitative estimate of drug-likeness (QED) is 0.243. The monoisotopic (exact) mass is 794 g/mol. The van der Waals surface area contributed by atoms with Gasteiger partial charge in [0.25, 0.3) is 11.8 Å². The molecule has 57 heavy (non-hydrogen) atoms. The van der Waals surface area contributed by atoms with E-state index >= 15 is 4.39 Å². The number of halogens is 2. The molecule has 0 spiro atoms. The number of rotatable bonds is 8. The first kappa shape index (κ1) is 37.3. The van der Waals surface area contributed by atoms with Gasteiger partial charge < -0.3 is 24.3 Å². The highest BCUT2D eigenvalue weighted by Crippen LogP contribution is 2.36. The molecule has 0 radical (unpaired) electrons. The zero-order chi connectivity index (χ0) is 39.4. The molecule has 1 unspecified atom stereocenters. The van der Waals surface area contributed by atoms with Crippen LogP contribution in [0.3, 0.4) is 0 Å². The van der Waals surface area contributed by atoms with Crippen molar-refractivity contribution in [1.29, 1.82) is 0 Å². The first-order chi connectivity index (χ1) is 27.6. The minimum atomic E-state index is -0.732. The molecule has 3 saturated heterocycles. The van der Waals surface area contributed by atoms with Crippen molar-refractivity contribution in [2.75, 3.05) is 55.6 Å². The Bertz CT molecular complexity index is 2180. The number of amides is 4. The van der Waals surface area contributed by atoms with Gasteiger partial charge in [0.15, 0.2) is 0 Å². The van der Waals surface area contributed by atoms with Gasteiger partial charge in [-0.05, 0) is 86.4 Å². The highest BCUT2D eigenvalue weighted by atomic mass is 35.5. The van der Waals surface area contributed by atoms with E-state index in [-0.39, 0.29) is 54.8 Å². The first-order valence-corrected chi connectivity index (χ1v) is 20.3. The van der Waals surface area contributed by atoms with Gasteiger partial charge in [-0.25, -0.2) is 14.2 Å². The Morgan fingerprint density at radius 2 is 1.65 bits per heavy atom. The van der Waals surface area contributed by atoms with Crippen LogP contribution in [0.5, 0.6) is 5.75 Å². The van der Waals surface area contributed by atoms with Crippen molar-refractivity contribution in [1.82, 2.24) is 25.0 Å². The first-order valence-electron chi connectivity index (χ1n) is 20.0. The summed E-state index contributed by atoms with van der Waals surface area (Å²) in [6.07, 6.45) is 4.88. The van der Waals surface area contributed by atoms with Crippen LogP contribution < -0.4 is 19.9 Å². The lowest BCUT2D eigenvalue weighted by atomic mass is 9.92. The topological polar surface area (TPSA) is 123 Å². The van der Waals surface area contributed by atoms with Crippen LogP contribution in [0, 0.1) is 18.3 Å². The summed E-state index contributed by atoms with van der Waals surface area (Å²) in [5, 5.41) is 2.70. The molecule has 6 heterocycles. The SMILES string of the molecule is [C-]#[N+]c1ccc(OC2CCC(N3Cc4nc(N5CC[C@@H](CN6CCN(c7cc8c(cc7F)C(=O)N(C7CCC(=O)NC7=O)C8)CC6)C5)ccc4C3=O)CC2)cc1Cl. The lowest BCUT2D eigenvalue weighted by molar-refractivity contribution is -0.136. The highest BCUT2D eigenvalue weighted by molar-refractivity contribution is 6.33. The third-order valence-corrected chi connectivity index (χ3v) is 12.9. The number of ether oxygens (including phenoxy) is 1. The average Bonchev–Trinajstić information content (AvgIpc) is 3.90. The Hall–Kier alpha value is -5.26. The summed E-state index contributed by atoms with van der Waals surface area (Å²) in [5.41, 5.74) is 3.41. The molecule has 0 bridgehead atoms. The minimum absolute atomic E-state index is 0.0373. The van der Waals surface area contributed by atoms with E-state index in [2.05, 4.69) is 20.0 Å². The van der Waals surface area contributed by atoms with Gasteiger partial charge in [0.2, 0.25) is 17.5 Å². The van der Waals surface area contributed by atoms with Crippen LogP contribution in [0.4, 0.5) is 21.6 Å². The van der Waals surface area contributed by atoms with E-state index in [1.165, 1.54) is 11.0 Å². The van der Waals surface area contributed by atoms with Crippen molar-refractivity contribution in [3.05, 3.63) is 87.1 Å². The number of hydrogen-bond acceptors (Lipinski definition) is 9. The van der Waals surface area contributed by atoms with Crippen molar-refractivity contribution in [3.63, 3.8) is 0 Å². The molecule has 2 aromatic carbocycles. The molecule has 2 atom stereocenters. The summed E-state index contributed by atoms with van der Waals surface area (Å²) >= 11 is 6.20. The number of anilines is 2. The van der Waals surface area contributed by atoms with Crippen LogP contribution in [0.1, 0.15) is 76.9 Å². The molecule has 4 amide bonds. The van der Waals surface area contributed by atoms with Gasteiger partial charge in [0.05, 0.1) is 41.2 Å². The van der Waals surface area contributed by atoms with E-state index in [1.54, 1.807) is 24.3 Å². The van der Waals surface area contributed by atoms with E-state index in [0.29, 0.717) is 58.8 Å². The summed E-state index contributed by atoms with van der Waals surface area (Å²) in [7, 11) is 0. The van der Waals surface area contributed by atoms with Crippen molar-refractivity contribution in [3.8, 4) is 5.75 Å². The predicted molar refractivity (Wildman–Crippen MR) is 210 cm³/mol. The molecule has 296 valence electrons. The number of aromatic nitrogens is 1. The molecular formula is C42H44ClFN8O5. The zero-order valence-electron chi connectivity index (χ0n) is 31.6. The number of pyridine rings is 1. The van der Waals surface area contributed by atoms with Gasteiger partial charge in [-0.3, -0.25) is 29.4 Å². The van der Waals surface area contributed by atoms with Crippen LogP contribution in [-0.2, 0) is 22.7 Å². The third kappa shape index (κ3) is 7.27. The van der Waals surface area contributed by atoms with Crippen molar-refractivity contribution >= 4 is 52.4 Å². The number of piperazine rings is 1. The van der Waals surface area contributed by atoms with E-state index in [0.717, 1.165) is 76.3 Å². The Balaban J connectivity index is 0.749. The van der Waals surface area contributed by atoms with Crippen LogP contribution in [0.2, 0.25) is 5.02 Å². The Morgan fingerprint density at radius 1 is 0.860 bits per heavy atom. The van der Waals surface area contributed by atoms with Crippen LogP contribution >= 0.6 is 11.6 Å². The maximum Gasteiger partial charge on any atom is 0.256 e. The molecule has 9 rings (SSSR count). The Labute approximate surface area is 335 Å². The normalized spacial score (nSPS) is 25.1. The second-order valence-corrected chi connectivity index (χ2v) is 16.5. The standard InChI is InChI=1S/C42H44ClFN8O5/c1-45-34-8-6-29(19-32(34)43)57-28-4-2-27(3-5-28)51-24-35-30(41(51)55)7-10-38(46-35)50-13-12-25(22-50)21-48-14-16-49(17-15-48)37-18-26-23-52(42(56)31(26)20-33(37)44)36-9-11-39(53)47-40(36)54/h6-8,10,18-20,25,27-28,36H,2-5,9,11-17,21-24H2,(H,47,53,54)/t25-,27?,28?,36?/m0/s1. The van der Waals surface area contributed by atoms with Gasteiger partial charge >= 0.3 is 0 Å². The molecule has 1 aromatic heterocycles. The fraction of sp³-hybridized carbons (Fsp3) is 0.476. The molecule has 4 fully saturated rings. The number of piperidine rings is 1. The van der Waals surface area contributed by atoms with Gasteiger partial charge in [0.1, 0.15) is 23.4 Å². The van der Waals surface area contributed by atoms with E-state index in [1.807, 2.05) is 21.9 Å².